The van der Waals surface area contributed by atoms with E-state index in [4.69, 9.17) is 4.55 Å². The van der Waals surface area contributed by atoms with Gasteiger partial charge in [0, 0.05) is 0 Å². The number of phenols is 1. The van der Waals surface area contributed by atoms with Crippen molar-refractivity contribution in [3.05, 3.63) is 30.3 Å². The molecule has 0 unspecified atom stereocenters. The number of rotatable bonds is 1. The van der Waals surface area contributed by atoms with Crippen molar-refractivity contribution in [3.63, 3.8) is 0 Å². The van der Waals surface area contributed by atoms with Gasteiger partial charge in [0.05, 0.1) is 0 Å². The van der Waals surface area contributed by atoms with Crippen molar-refractivity contribution in [1.29, 1.82) is 0 Å². The molecule has 2 rings (SSSR count). The van der Waals surface area contributed by atoms with Crippen molar-refractivity contribution in [2.75, 3.05) is 0 Å². The molecule has 0 aliphatic heterocycles. The summed E-state index contributed by atoms with van der Waals surface area (Å²) >= 11 is 2.18. The molecule has 16 heavy (non-hydrogen) atoms. The van der Waals surface area contributed by atoms with Crippen LogP contribution >= 0.6 is 0 Å². The zero-order valence-corrected chi connectivity index (χ0v) is 10.6. The Labute approximate surface area is 101 Å². The molecule has 0 bridgehead atoms. The Morgan fingerprint density at radius 2 is 1.69 bits per heavy atom. The summed E-state index contributed by atoms with van der Waals surface area (Å²) in [6.07, 6.45) is 0. The Hall–Kier alpha value is -1.03. The van der Waals surface area contributed by atoms with Crippen molar-refractivity contribution in [3.8, 4) is 5.75 Å². The normalized spacial score (nSPS) is 11.9. The first-order chi connectivity index (χ1) is 7.41. The quantitative estimate of drug-likeness (QED) is 0.597. The standard InChI is InChI=1S/C10H7AsO4S/c11-10-7-4-2-1-3-6(7)9(5-8(10)12)16(13,14)15/h1-5,12H,(H,13,14,15). The van der Waals surface area contributed by atoms with E-state index in [1.807, 2.05) is 0 Å². The van der Waals surface area contributed by atoms with Gasteiger partial charge in [-0.2, -0.15) is 0 Å². The van der Waals surface area contributed by atoms with Gasteiger partial charge in [0.1, 0.15) is 0 Å². The maximum atomic E-state index is 11.1. The van der Waals surface area contributed by atoms with Crippen LogP contribution in [0.4, 0.5) is 0 Å². The summed E-state index contributed by atoms with van der Waals surface area (Å²) in [5.74, 6) is -0.175. The molecular formula is C10H7AsO4S. The average molecular weight is 298 g/mol. The number of fused-ring (bicyclic) bond motifs is 1. The second kappa shape index (κ2) is 3.77. The summed E-state index contributed by atoms with van der Waals surface area (Å²) in [7, 11) is -4.34. The molecular weight excluding hydrogens is 291 g/mol. The topological polar surface area (TPSA) is 74.6 Å². The molecule has 0 aliphatic carbocycles. The minimum atomic E-state index is -4.34. The van der Waals surface area contributed by atoms with Gasteiger partial charge in [-0.05, 0) is 0 Å². The number of phenolic OH excluding ortho intramolecular Hbond substituents is 1. The average Bonchev–Trinajstić information content (AvgIpc) is 2.22. The SMILES string of the molecule is O=S(=O)(O)c1cc(O)c([As])c2ccccc12. The van der Waals surface area contributed by atoms with Gasteiger partial charge in [0.2, 0.25) is 0 Å². The zero-order valence-electron chi connectivity index (χ0n) is 7.95. The molecule has 2 N–H and O–H groups in total. The third kappa shape index (κ3) is 1.82. The van der Waals surface area contributed by atoms with Gasteiger partial charge in [-0.3, -0.25) is 0 Å². The second-order valence-corrected chi connectivity index (χ2v) is 5.59. The van der Waals surface area contributed by atoms with Gasteiger partial charge in [0.25, 0.3) is 0 Å². The summed E-state index contributed by atoms with van der Waals surface area (Å²) in [5, 5.41) is 10.5. The molecule has 2 radical (unpaired) electrons. The fourth-order valence-corrected chi connectivity index (χ4v) is 2.79. The van der Waals surface area contributed by atoms with Crippen molar-refractivity contribution >= 4 is 42.1 Å². The van der Waals surface area contributed by atoms with Crippen LogP contribution in [0.1, 0.15) is 0 Å². The molecule has 0 fully saturated rings. The van der Waals surface area contributed by atoms with Crippen LogP contribution in [0, 0.1) is 0 Å². The van der Waals surface area contributed by atoms with Crippen LogP contribution in [0.25, 0.3) is 10.8 Å². The van der Waals surface area contributed by atoms with Crippen LogP contribution in [0.3, 0.4) is 0 Å². The maximum absolute atomic E-state index is 11.1. The van der Waals surface area contributed by atoms with Crippen molar-refractivity contribution in [2.24, 2.45) is 0 Å². The Morgan fingerprint density at radius 1 is 1.12 bits per heavy atom. The minimum absolute atomic E-state index is 0.175. The molecule has 6 heteroatoms. The van der Waals surface area contributed by atoms with Crippen LogP contribution in [-0.4, -0.2) is 34.9 Å². The van der Waals surface area contributed by atoms with Crippen LogP contribution in [0.5, 0.6) is 5.75 Å². The molecule has 0 saturated carbocycles. The monoisotopic (exact) mass is 298 g/mol. The van der Waals surface area contributed by atoms with Crippen LogP contribution < -0.4 is 4.35 Å². The van der Waals surface area contributed by atoms with Crippen LogP contribution in [-0.2, 0) is 10.1 Å². The van der Waals surface area contributed by atoms with Crippen LogP contribution in [0.2, 0.25) is 0 Å². The molecule has 2 aromatic carbocycles. The molecule has 0 aromatic heterocycles. The van der Waals surface area contributed by atoms with E-state index in [1.165, 1.54) is 0 Å². The van der Waals surface area contributed by atoms with Crippen LogP contribution in [0.15, 0.2) is 35.2 Å². The third-order valence-electron chi connectivity index (χ3n) is 2.24. The van der Waals surface area contributed by atoms with Gasteiger partial charge in [-0.25, -0.2) is 0 Å². The first kappa shape index (κ1) is 11.5. The molecule has 0 atom stereocenters. The van der Waals surface area contributed by atoms with E-state index in [2.05, 4.69) is 16.9 Å². The van der Waals surface area contributed by atoms with E-state index < -0.39 is 10.1 Å². The van der Waals surface area contributed by atoms with E-state index in [0.717, 1.165) is 6.07 Å². The van der Waals surface area contributed by atoms with E-state index in [-0.39, 0.29) is 10.6 Å². The van der Waals surface area contributed by atoms with Gasteiger partial charge in [-0.15, -0.1) is 0 Å². The van der Waals surface area contributed by atoms with Crippen molar-refractivity contribution in [1.82, 2.24) is 0 Å². The van der Waals surface area contributed by atoms with Gasteiger partial charge in [0.15, 0.2) is 0 Å². The molecule has 0 spiro atoms. The molecule has 4 nitrogen and oxygen atoms in total. The van der Waals surface area contributed by atoms with E-state index in [9.17, 15) is 13.5 Å². The number of hydrogen-bond donors (Lipinski definition) is 2. The predicted octanol–water partition coefficient (Wildman–Crippen LogP) is 0.586. The van der Waals surface area contributed by atoms with E-state index >= 15 is 0 Å². The molecule has 0 amide bonds. The van der Waals surface area contributed by atoms with Crippen molar-refractivity contribution in [2.45, 2.75) is 4.90 Å². The first-order valence-corrected chi connectivity index (χ1v) is 6.70. The number of aromatic hydroxyl groups is 1. The summed E-state index contributed by atoms with van der Waals surface area (Å²) in [4.78, 5) is -0.282. The fourth-order valence-electron chi connectivity index (χ4n) is 1.53. The molecule has 2 aromatic rings. The Morgan fingerprint density at radius 3 is 2.25 bits per heavy atom. The predicted molar refractivity (Wildman–Crippen MR) is 60.8 cm³/mol. The zero-order chi connectivity index (χ0) is 11.9. The van der Waals surface area contributed by atoms with Gasteiger partial charge >= 0.3 is 101 Å². The Bertz CT molecular complexity index is 664. The van der Waals surface area contributed by atoms with Crippen molar-refractivity contribution < 1.29 is 18.1 Å². The fraction of sp³-hybridized carbons (Fsp3) is 0. The summed E-state index contributed by atoms with van der Waals surface area (Å²) in [6.45, 7) is 0. The molecule has 0 aliphatic rings. The van der Waals surface area contributed by atoms with E-state index in [0.29, 0.717) is 15.1 Å². The third-order valence-corrected chi connectivity index (χ3v) is 4.12. The summed E-state index contributed by atoms with van der Waals surface area (Å²) in [6, 6.07) is 7.70. The second-order valence-electron chi connectivity index (χ2n) is 3.26. The van der Waals surface area contributed by atoms with Gasteiger partial charge < -0.3 is 0 Å². The molecule has 82 valence electrons. The molecule has 0 heterocycles. The summed E-state index contributed by atoms with van der Waals surface area (Å²) < 4.78 is 31.9. The number of hydrogen-bond acceptors (Lipinski definition) is 3. The van der Waals surface area contributed by atoms with Gasteiger partial charge in [-0.1, -0.05) is 0 Å². The molecule has 0 saturated heterocycles. The Kier molecular flexibility index (Phi) is 2.70. The Balaban J connectivity index is 3.02. The summed E-state index contributed by atoms with van der Waals surface area (Å²) in [5.41, 5.74) is 0. The first-order valence-electron chi connectivity index (χ1n) is 4.32. The number of benzene rings is 2. The van der Waals surface area contributed by atoms with E-state index in [1.54, 1.807) is 24.3 Å².